The normalized spacial score (nSPS) is 19.8. The number of rotatable bonds is 0. The number of hydrogen-bond donors (Lipinski definition) is 1. The Labute approximate surface area is 57.0 Å². The molecule has 10 heavy (non-hydrogen) atoms. The van der Waals surface area contributed by atoms with Crippen LogP contribution in [-0.4, -0.2) is 25.7 Å². The first kappa shape index (κ1) is 5.40. The first-order valence-corrected chi connectivity index (χ1v) is 3.01. The van der Waals surface area contributed by atoms with E-state index in [0.717, 1.165) is 13.0 Å². The van der Waals surface area contributed by atoms with Crippen molar-refractivity contribution in [1.29, 1.82) is 0 Å². The second kappa shape index (κ2) is 1.80. The molecule has 0 aromatic carbocycles. The number of aryl methyl sites for hydroxylation is 1. The summed E-state index contributed by atoms with van der Waals surface area (Å²) < 4.78 is 1.86. The van der Waals surface area contributed by atoms with E-state index in [2.05, 4.69) is 15.4 Å². The predicted octanol–water partition coefficient (Wildman–Crippen LogP) is -0.140. The van der Waals surface area contributed by atoms with Crippen molar-refractivity contribution in [3.8, 4) is 0 Å². The molecule has 5 heteroatoms. The molecular formula is C5H6N4O. The Kier molecular flexibility index (Phi) is 0.969. The molecular weight excluding hydrogens is 132 g/mol. The molecule has 0 saturated heterocycles. The van der Waals surface area contributed by atoms with E-state index in [1.807, 2.05) is 4.57 Å². The van der Waals surface area contributed by atoms with Crippen LogP contribution in [0, 0.1) is 0 Å². The third kappa shape index (κ3) is 0.541. The van der Waals surface area contributed by atoms with Crippen molar-refractivity contribution in [2.75, 3.05) is 0 Å². The monoisotopic (exact) mass is 138 g/mol. The number of fused-ring (bicyclic) bond motifs is 1. The molecule has 0 spiro atoms. The zero-order valence-corrected chi connectivity index (χ0v) is 5.23. The van der Waals surface area contributed by atoms with Crippen LogP contribution >= 0.6 is 0 Å². The van der Waals surface area contributed by atoms with E-state index in [0.29, 0.717) is 11.5 Å². The van der Waals surface area contributed by atoms with Crippen LogP contribution in [0.2, 0.25) is 0 Å². The van der Waals surface area contributed by atoms with Crippen LogP contribution in [0.4, 0.5) is 0 Å². The largest absolute Gasteiger partial charge is 0.411 e. The van der Waals surface area contributed by atoms with Gasteiger partial charge in [-0.3, -0.25) is 0 Å². The first-order chi connectivity index (χ1) is 4.92. The molecule has 0 unspecified atom stereocenters. The Bertz CT molecular complexity index is 277. The van der Waals surface area contributed by atoms with Crippen molar-refractivity contribution in [3.63, 3.8) is 0 Å². The van der Waals surface area contributed by atoms with Crippen LogP contribution in [0.3, 0.4) is 0 Å². The van der Waals surface area contributed by atoms with Gasteiger partial charge in [-0.1, -0.05) is 5.16 Å². The topological polar surface area (TPSA) is 63.3 Å². The average Bonchev–Trinajstić information content (AvgIpc) is 2.44. The fourth-order valence-electron chi connectivity index (χ4n) is 1.07. The molecule has 0 atom stereocenters. The number of hydrogen-bond acceptors (Lipinski definition) is 4. The minimum absolute atomic E-state index is 0.623. The molecule has 1 aromatic heterocycles. The second-order valence-electron chi connectivity index (χ2n) is 2.14. The zero-order valence-electron chi connectivity index (χ0n) is 5.23. The second-order valence-corrected chi connectivity index (χ2v) is 2.14. The molecule has 1 aliphatic heterocycles. The number of aromatic nitrogens is 3. The van der Waals surface area contributed by atoms with Crippen LogP contribution in [0.5, 0.6) is 0 Å². The van der Waals surface area contributed by atoms with Gasteiger partial charge in [-0.25, -0.2) is 0 Å². The van der Waals surface area contributed by atoms with Crippen LogP contribution < -0.4 is 0 Å². The van der Waals surface area contributed by atoms with E-state index < -0.39 is 0 Å². The quantitative estimate of drug-likeness (QED) is 0.401. The van der Waals surface area contributed by atoms with Crippen molar-refractivity contribution >= 4 is 5.71 Å². The molecule has 0 bridgehead atoms. The van der Waals surface area contributed by atoms with E-state index >= 15 is 0 Å². The van der Waals surface area contributed by atoms with E-state index in [-0.39, 0.29) is 0 Å². The summed E-state index contributed by atoms with van der Waals surface area (Å²) in [7, 11) is 0. The third-order valence-electron chi connectivity index (χ3n) is 1.58. The summed E-state index contributed by atoms with van der Waals surface area (Å²) in [6.45, 7) is 0.821. The minimum atomic E-state index is 0.623. The summed E-state index contributed by atoms with van der Waals surface area (Å²) in [6.07, 6.45) is 2.38. The van der Waals surface area contributed by atoms with Gasteiger partial charge in [0.1, 0.15) is 12.0 Å². The summed E-state index contributed by atoms with van der Waals surface area (Å²) in [5.41, 5.74) is 0.623. The smallest absolute Gasteiger partial charge is 0.181 e. The van der Waals surface area contributed by atoms with Crippen LogP contribution in [0.15, 0.2) is 11.5 Å². The highest BCUT2D eigenvalue weighted by atomic mass is 16.4. The maximum Gasteiger partial charge on any atom is 0.181 e. The molecule has 2 rings (SSSR count). The lowest BCUT2D eigenvalue weighted by Gasteiger charge is -1.85. The highest BCUT2D eigenvalue weighted by Crippen LogP contribution is 2.10. The maximum absolute atomic E-state index is 8.44. The first-order valence-electron chi connectivity index (χ1n) is 3.01. The van der Waals surface area contributed by atoms with Gasteiger partial charge in [0.15, 0.2) is 5.82 Å². The molecule has 0 fully saturated rings. The van der Waals surface area contributed by atoms with Crippen molar-refractivity contribution in [1.82, 2.24) is 14.8 Å². The molecule has 0 aliphatic carbocycles. The molecule has 0 amide bonds. The SMILES string of the molecule is O/N=C1/CCn2cnnc21. The standard InChI is InChI=1S/C5H6N4O/c10-8-4-1-2-9-3-6-7-5(4)9/h3,10H,1-2H2/b8-4-. The molecule has 0 saturated carbocycles. The Hall–Kier alpha value is -1.39. The van der Waals surface area contributed by atoms with Crippen molar-refractivity contribution in [2.24, 2.45) is 5.16 Å². The van der Waals surface area contributed by atoms with Crippen LogP contribution in [0.1, 0.15) is 12.2 Å². The highest BCUT2D eigenvalue weighted by molar-refractivity contribution is 5.98. The molecule has 0 radical (unpaired) electrons. The van der Waals surface area contributed by atoms with Crippen molar-refractivity contribution in [2.45, 2.75) is 13.0 Å². The Balaban J connectivity index is 2.53. The minimum Gasteiger partial charge on any atom is -0.411 e. The van der Waals surface area contributed by atoms with Crippen molar-refractivity contribution in [3.05, 3.63) is 12.2 Å². The summed E-state index contributed by atoms with van der Waals surface area (Å²) >= 11 is 0. The lowest BCUT2D eigenvalue weighted by atomic mass is 10.3. The summed E-state index contributed by atoms with van der Waals surface area (Å²) in [5.74, 6) is 0.683. The lowest BCUT2D eigenvalue weighted by Crippen LogP contribution is -1.96. The van der Waals surface area contributed by atoms with Crippen molar-refractivity contribution < 1.29 is 5.21 Å². The summed E-state index contributed by atoms with van der Waals surface area (Å²) in [6, 6.07) is 0. The Morgan fingerprint density at radius 3 is 3.40 bits per heavy atom. The van der Waals surface area contributed by atoms with Gasteiger partial charge >= 0.3 is 0 Å². The van der Waals surface area contributed by atoms with Gasteiger partial charge in [0.2, 0.25) is 0 Å². The average molecular weight is 138 g/mol. The van der Waals surface area contributed by atoms with Gasteiger partial charge in [0, 0.05) is 13.0 Å². The predicted molar refractivity (Wildman–Crippen MR) is 33.0 cm³/mol. The number of oxime groups is 1. The highest BCUT2D eigenvalue weighted by Gasteiger charge is 2.19. The molecule has 1 aromatic rings. The molecule has 5 nitrogen and oxygen atoms in total. The molecule has 2 heterocycles. The van der Waals surface area contributed by atoms with E-state index in [9.17, 15) is 0 Å². The van der Waals surface area contributed by atoms with E-state index in [1.165, 1.54) is 0 Å². The van der Waals surface area contributed by atoms with E-state index in [1.54, 1.807) is 6.33 Å². The van der Waals surface area contributed by atoms with Gasteiger partial charge in [0.25, 0.3) is 0 Å². The Morgan fingerprint density at radius 1 is 1.70 bits per heavy atom. The lowest BCUT2D eigenvalue weighted by molar-refractivity contribution is 0.318. The van der Waals surface area contributed by atoms with Gasteiger partial charge in [-0.15, -0.1) is 10.2 Å². The van der Waals surface area contributed by atoms with E-state index in [4.69, 9.17) is 5.21 Å². The fraction of sp³-hybridized carbons (Fsp3) is 0.400. The molecule has 1 N–H and O–H groups in total. The van der Waals surface area contributed by atoms with Gasteiger partial charge in [0.05, 0.1) is 0 Å². The van der Waals surface area contributed by atoms with Crippen LogP contribution in [-0.2, 0) is 6.54 Å². The summed E-state index contributed by atoms with van der Waals surface area (Å²) in [5, 5.41) is 19.0. The summed E-state index contributed by atoms with van der Waals surface area (Å²) in [4.78, 5) is 0. The maximum atomic E-state index is 8.44. The molecule has 52 valence electrons. The van der Waals surface area contributed by atoms with Gasteiger partial charge < -0.3 is 9.77 Å². The zero-order chi connectivity index (χ0) is 6.97. The van der Waals surface area contributed by atoms with Crippen LogP contribution in [0.25, 0.3) is 0 Å². The third-order valence-corrected chi connectivity index (χ3v) is 1.58. The van der Waals surface area contributed by atoms with Gasteiger partial charge in [-0.05, 0) is 0 Å². The van der Waals surface area contributed by atoms with Gasteiger partial charge in [-0.2, -0.15) is 0 Å². The molecule has 1 aliphatic rings. The fourth-order valence-corrected chi connectivity index (χ4v) is 1.07. The Morgan fingerprint density at radius 2 is 2.60 bits per heavy atom. The number of nitrogens with zero attached hydrogens (tertiary/aromatic N) is 4.